The molecule has 5 heterocycles. The van der Waals surface area contributed by atoms with Crippen LogP contribution in [0.25, 0.3) is 0 Å². The Kier molecular flexibility index (Phi) is 5.39. The number of aliphatic hydroxyl groups is 2. The molecule has 0 radical (unpaired) electrons. The fraction of sp³-hybridized carbons (Fsp3) is 0.708. The molecule has 0 aliphatic carbocycles. The maximum atomic E-state index is 12.9. The number of methoxy groups -OCH3 is 1. The number of carbonyl (C=O) groups excluding carboxylic acids is 1. The highest BCUT2D eigenvalue weighted by Gasteiger charge is 2.60. The Hall–Kier alpha value is -1.75. The van der Waals surface area contributed by atoms with Gasteiger partial charge in [0.15, 0.2) is 0 Å². The molecule has 1 aromatic carbocycles. The maximum absolute atomic E-state index is 12.9. The summed E-state index contributed by atoms with van der Waals surface area (Å²) in [5.74, 6) is 0.707. The molecule has 2 bridgehead atoms. The molecule has 6 rings (SSSR count). The number of anilines is 1. The van der Waals surface area contributed by atoms with Crippen molar-refractivity contribution < 1.29 is 24.5 Å². The predicted octanol–water partition coefficient (Wildman–Crippen LogP) is 0.0655. The lowest BCUT2D eigenvalue weighted by Gasteiger charge is -2.51. The van der Waals surface area contributed by atoms with E-state index in [1.165, 1.54) is 5.56 Å². The van der Waals surface area contributed by atoms with E-state index in [1.807, 2.05) is 6.07 Å². The van der Waals surface area contributed by atoms with Gasteiger partial charge in [-0.05, 0) is 50.9 Å². The molecule has 1 aromatic rings. The second kappa shape index (κ2) is 8.18. The summed E-state index contributed by atoms with van der Waals surface area (Å²) >= 11 is 0. The van der Waals surface area contributed by atoms with E-state index in [1.54, 1.807) is 7.11 Å². The molecule has 4 fully saturated rings. The minimum Gasteiger partial charge on any atom is -0.494 e. The van der Waals surface area contributed by atoms with Gasteiger partial charge in [-0.1, -0.05) is 6.07 Å². The van der Waals surface area contributed by atoms with Gasteiger partial charge >= 0.3 is 0 Å². The number of amides is 1. The zero-order chi connectivity index (χ0) is 22.9. The minimum atomic E-state index is -0.688. The van der Waals surface area contributed by atoms with Crippen molar-refractivity contribution in [2.75, 3.05) is 39.2 Å². The summed E-state index contributed by atoms with van der Waals surface area (Å²) in [6.07, 6.45) is 2.62. The molecule has 0 saturated carbocycles. The van der Waals surface area contributed by atoms with Gasteiger partial charge in [-0.25, -0.2) is 0 Å². The molecule has 0 spiro atoms. The molecule has 1 amide bonds. The summed E-state index contributed by atoms with van der Waals surface area (Å²) in [5, 5.41) is 26.5. The van der Waals surface area contributed by atoms with Crippen molar-refractivity contribution in [3.63, 3.8) is 0 Å². The van der Waals surface area contributed by atoms with E-state index in [0.717, 1.165) is 31.4 Å². The molecule has 9 nitrogen and oxygen atoms in total. The number of fused-ring (bicyclic) bond motifs is 6. The second-order valence-corrected chi connectivity index (χ2v) is 10.2. The minimum absolute atomic E-state index is 0.00971. The molecule has 33 heavy (non-hydrogen) atoms. The summed E-state index contributed by atoms with van der Waals surface area (Å²) in [4.78, 5) is 17.9. The number of hydrogen-bond donors (Lipinski definition) is 4. The van der Waals surface area contributed by atoms with Gasteiger partial charge in [-0.3, -0.25) is 14.6 Å². The summed E-state index contributed by atoms with van der Waals surface area (Å²) in [6, 6.07) is 4.32. The number of nitrogens with zero attached hydrogens (tertiary/aromatic N) is 2. The van der Waals surface area contributed by atoms with Crippen LogP contribution in [0.4, 0.5) is 5.69 Å². The van der Waals surface area contributed by atoms with Crippen LogP contribution in [0.1, 0.15) is 36.4 Å². The summed E-state index contributed by atoms with van der Waals surface area (Å²) in [6.45, 7) is 1.51. The molecule has 1 unspecified atom stereocenters. The number of rotatable bonds is 4. The average molecular weight is 459 g/mol. The van der Waals surface area contributed by atoms with Crippen LogP contribution < -0.4 is 15.4 Å². The van der Waals surface area contributed by atoms with Crippen LogP contribution in [-0.2, 0) is 16.0 Å². The lowest BCUT2D eigenvalue weighted by atomic mass is 9.81. The van der Waals surface area contributed by atoms with E-state index < -0.39 is 12.1 Å². The van der Waals surface area contributed by atoms with Crippen molar-refractivity contribution in [3.8, 4) is 5.75 Å². The van der Waals surface area contributed by atoms with E-state index in [-0.39, 0.29) is 42.8 Å². The van der Waals surface area contributed by atoms with Gasteiger partial charge in [-0.15, -0.1) is 0 Å². The van der Waals surface area contributed by atoms with Crippen LogP contribution in [0.15, 0.2) is 12.1 Å². The van der Waals surface area contributed by atoms with Gasteiger partial charge in [0.25, 0.3) is 0 Å². The van der Waals surface area contributed by atoms with Gasteiger partial charge in [0.1, 0.15) is 18.0 Å². The molecule has 5 aliphatic heterocycles. The molecule has 0 aromatic heterocycles. The van der Waals surface area contributed by atoms with E-state index in [0.29, 0.717) is 30.5 Å². The van der Waals surface area contributed by atoms with E-state index in [9.17, 15) is 15.0 Å². The third-order valence-corrected chi connectivity index (χ3v) is 8.66. The maximum Gasteiger partial charge on any atom is 0.244 e. The summed E-state index contributed by atoms with van der Waals surface area (Å²) in [5.41, 5.74) is 2.94. The Morgan fingerprint density at radius 3 is 2.97 bits per heavy atom. The van der Waals surface area contributed by atoms with Crippen LogP contribution >= 0.6 is 0 Å². The third-order valence-electron chi connectivity index (χ3n) is 8.66. The Balaban J connectivity index is 1.34. The second-order valence-electron chi connectivity index (χ2n) is 10.2. The fourth-order valence-corrected chi connectivity index (χ4v) is 7.24. The molecule has 8 atom stereocenters. The number of benzene rings is 1. The van der Waals surface area contributed by atoms with Gasteiger partial charge in [0.05, 0.1) is 31.5 Å². The number of hydrogen-bond acceptors (Lipinski definition) is 8. The molecule has 180 valence electrons. The van der Waals surface area contributed by atoms with Crippen molar-refractivity contribution >= 4 is 11.6 Å². The third kappa shape index (κ3) is 3.17. The van der Waals surface area contributed by atoms with Crippen LogP contribution in [0.2, 0.25) is 0 Å². The SMILES string of the molecule is COc1c(NC(=O)C2NCCC[C@H]2O)ccc2c1[C@@H]1CO[C@@H]3[C@H]4C[C@@H](CO)[C@@H]([C@H](C2)N31)N4C. The largest absolute Gasteiger partial charge is 0.494 e. The van der Waals surface area contributed by atoms with Crippen LogP contribution in [0, 0.1) is 5.92 Å². The molecule has 5 aliphatic rings. The van der Waals surface area contributed by atoms with Crippen molar-refractivity contribution in [2.24, 2.45) is 5.92 Å². The summed E-state index contributed by atoms with van der Waals surface area (Å²) in [7, 11) is 3.81. The zero-order valence-electron chi connectivity index (χ0n) is 19.2. The number of piperidine rings is 1. The molecular formula is C24H34N4O5. The normalized spacial score (nSPS) is 39.8. The zero-order valence-corrected chi connectivity index (χ0v) is 19.2. The van der Waals surface area contributed by atoms with Gasteiger partial charge in [0, 0.05) is 36.2 Å². The van der Waals surface area contributed by atoms with E-state index in [2.05, 4.69) is 33.5 Å². The van der Waals surface area contributed by atoms with Crippen molar-refractivity contribution in [1.82, 2.24) is 15.1 Å². The summed E-state index contributed by atoms with van der Waals surface area (Å²) < 4.78 is 12.3. The molecule has 9 heteroatoms. The quantitative estimate of drug-likeness (QED) is 0.502. The van der Waals surface area contributed by atoms with Gasteiger partial charge in [0.2, 0.25) is 5.91 Å². The van der Waals surface area contributed by atoms with Crippen molar-refractivity contribution in [3.05, 3.63) is 23.3 Å². The number of aliphatic hydroxyl groups excluding tert-OH is 2. The number of piperazine rings is 1. The standard InChI is InChI=1S/C24H34N4O5/c1-27-16-9-13(10-29)21(27)15-8-12-5-6-14(26-23(31)20-18(30)4-3-7-25-20)22(32-2)19(12)17-11-33-24(16)28(15)17/h5-6,13,15-18,20-21,24-25,29-30H,3-4,7-11H2,1-2H3,(H,26,31)/t13-,15-,16+,17-,18+,20?,21-,24+/m0/s1. The Morgan fingerprint density at radius 2 is 2.21 bits per heavy atom. The van der Waals surface area contributed by atoms with Crippen LogP contribution in [0.3, 0.4) is 0 Å². The first-order valence-corrected chi connectivity index (χ1v) is 12.2. The number of carbonyl (C=O) groups is 1. The van der Waals surface area contributed by atoms with Gasteiger partial charge < -0.3 is 30.3 Å². The highest BCUT2D eigenvalue weighted by atomic mass is 16.5. The predicted molar refractivity (Wildman–Crippen MR) is 121 cm³/mol. The lowest BCUT2D eigenvalue weighted by Crippen LogP contribution is -2.64. The monoisotopic (exact) mass is 458 g/mol. The molecular weight excluding hydrogens is 424 g/mol. The number of nitrogens with one attached hydrogen (secondary N) is 2. The first kappa shape index (κ1) is 21.8. The Labute approximate surface area is 194 Å². The lowest BCUT2D eigenvalue weighted by molar-refractivity contribution is -0.121. The highest BCUT2D eigenvalue weighted by Crippen LogP contribution is 2.53. The van der Waals surface area contributed by atoms with E-state index in [4.69, 9.17) is 9.47 Å². The molecule has 4 N–H and O–H groups in total. The highest BCUT2D eigenvalue weighted by molar-refractivity contribution is 5.97. The smallest absolute Gasteiger partial charge is 0.244 e. The fourth-order valence-electron chi connectivity index (χ4n) is 7.24. The van der Waals surface area contributed by atoms with Gasteiger partial charge in [-0.2, -0.15) is 0 Å². The number of ether oxygens (including phenoxy) is 2. The first-order chi connectivity index (χ1) is 16.0. The Morgan fingerprint density at radius 1 is 1.36 bits per heavy atom. The van der Waals surface area contributed by atoms with Crippen molar-refractivity contribution in [2.45, 2.75) is 68.2 Å². The van der Waals surface area contributed by atoms with Crippen LogP contribution in [0.5, 0.6) is 5.75 Å². The molecule has 4 saturated heterocycles. The average Bonchev–Trinajstić information content (AvgIpc) is 3.36. The number of likely N-dealkylation sites (N-methyl/N-ethyl adjacent to an activating group) is 1. The van der Waals surface area contributed by atoms with E-state index >= 15 is 0 Å². The first-order valence-electron chi connectivity index (χ1n) is 12.2. The Bertz CT molecular complexity index is 944. The topological polar surface area (TPSA) is 107 Å². The van der Waals surface area contributed by atoms with Crippen LogP contribution in [-0.4, -0.2) is 96.3 Å². The van der Waals surface area contributed by atoms with Crippen molar-refractivity contribution in [1.29, 1.82) is 0 Å².